The number of amides is 1. The van der Waals surface area contributed by atoms with E-state index in [1.807, 2.05) is 0 Å². The summed E-state index contributed by atoms with van der Waals surface area (Å²) in [4.78, 5) is 22.1. The van der Waals surface area contributed by atoms with E-state index in [0.29, 0.717) is 6.61 Å². The molecule has 1 atom stereocenters. The molecule has 1 heterocycles. The zero-order valence-corrected chi connectivity index (χ0v) is 11.1. The lowest BCUT2D eigenvalue weighted by atomic mass is 10.1. The third-order valence-electron chi connectivity index (χ3n) is 3.06. The zero-order chi connectivity index (χ0) is 14.3. The number of hydrogen-bond acceptors (Lipinski definition) is 5. The van der Waals surface area contributed by atoms with Crippen molar-refractivity contribution in [3.8, 4) is 0 Å². The van der Waals surface area contributed by atoms with Crippen LogP contribution in [0.2, 0.25) is 0 Å². The van der Waals surface area contributed by atoms with Gasteiger partial charge in [0.25, 0.3) is 0 Å². The zero-order valence-electron chi connectivity index (χ0n) is 11.1. The largest absolute Gasteiger partial charge is 0.479 e. The molecule has 0 aliphatic carbocycles. The molecule has 1 aliphatic rings. The Balaban J connectivity index is 2.12. The van der Waals surface area contributed by atoms with Gasteiger partial charge in [0.1, 0.15) is 0 Å². The van der Waals surface area contributed by atoms with E-state index < -0.39 is 11.6 Å². The van der Waals surface area contributed by atoms with Gasteiger partial charge in [-0.3, -0.25) is 4.79 Å². The van der Waals surface area contributed by atoms with Gasteiger partial charge >= 0.3 is 5.97 Å². The Labute approximate surface area is 112 Å². The van der Waals surface area contributed by atoms with Gasteiger partial charge in [-0.25, -0.2) is 4.79 Å². The Bertz CT molecular complexity index is 313. The first-order valence-corrected chi connectivity index (χ1v) is 6.46. The molecule has 1 saturated heterocycles. The highest BCUT2D eigenvalue weighted by atomic mass is 16.5. The van der Waals surface area contributed by atoms with Crippen molar-refractivity contribution < 1.29 is 24.5 Å². The van der Waals surface area contributed by atoms with Gasteiger partial charge in [0.05, 0.1) is 19.3 Å². The molecule has 0 radical (unpaired) electrons. The molecule has 0 aromatic heterocycles. The van der Waals surface area contributed by atoms with Crippen molar-refractivity contribution in [1.29, 1.82) is 0 Å². The molecule has 0 aromatic carbocycles. The summed E-state index contributed by atoms with van der Waals surface area (Å²) in [6, 6.07) is 0. The number of piperidine rings is 1. The van der Waals surface area contributed by atoms with Crippen LogP contribution in [0.3, 0.4) is 0 Å². The van der Waals surface area contributed by atoms with Crippen molar-refractivity contribution in [2.45, 2.75) is 37.9 Å². The molecular weight excluding hydrogens is 252 g/mol. The molecule has 1 aliphatic heterocycles. The lowest BCUT2D eigenvalue weighted by Crippen LogP contribution is -2.46. The maximum atomic E-state index is 11.4. The van der Waals surface area contributed by atoms with Gasteiger partial charge in [0.2, 0.25) is 5.91 Å². The first kappa shape index (κ1) is 15.9. The number of ether oxygens (including phenoxy) is 1. The number of carboxylic acid groups (broad SMARTS) is 1. The first-order chi connectivity index (χ1) is 8.92. The summed E-state index contributed by atoms with van der Waals surface area (Å²) in [7, 11) is 0. The van der Waals surface area contributed by atoms with Crippen LogP contribution >= 0.6 is 0 Å². The minimum absolute atomic E-state index is 0.166. The van der Waals surface area contributed by atoms with E-state index in [4.69, 9.17) is 9.84 Å². The Morgan fingerprint density at radius 3 is 2.63 bits per heavy atom. The molecule has 0 aromatic rings. The van der Waals surface area contributed by atoms with Gasteiger partial charge in [-0.05, 0) is 32.9 Å². The molecule has 7 nitrogen and oxygen atoms in total. The molecule has 1 rings (SSSR count). The van der Waals surface area contributed by atoms with Crippen molar-refractivity contribution in [1.82, 2.24) is 10.6 Å². The molecule has 110 valence electrons. The molecule has 0 bridgehead atoms. The molecule has 0 saturated carbocycles. The molecule has 1 amide bonds. The third kappa shape index (κ3) is 6.00. The van der Waals surface area contributed by atoms with Gasteiger partial charge in [-0.15, -0.1) is 0 Å². The molecule has 19 heavy (non-hydrogen) atoms. The van der Waals surface area contributed by atoms with Gasteiger partial charge in [0.15, 0.2) is 5.60 Å². The van der Waals surface area contributed by atoms with E-state index in [-0.39, 0.29) is 25.0 Å². The van der Waals surface area contributed by atoms with Crippen LogP contribution in [-0.2, 0) is 14.3 Å². The Morgan fingerprint density at radius 2 is 2.05 bits per heavy atom. The minimum atomic E-state index is -1.94. The normalized spacial score (nSPS) is 19.7. The van der Waals surface area contributed by atoms with Crippen molar-refractivity contribution in [3.05, 3.63) is 0 Å². The topological polar surface area (TPSA) is 108 Å². The van der Waals surface area contributed by atoms with Crippen LogP contribution in [0, 0.1) is 0 Å². The van der Waals surface area contributed by atoms with Crippen LogP contribution in [-0.4, -0.2) is 60.0 Å². The summed E-state index contributed by atoms with van der Waals surface area (Å²) < 4.78 is 5.55. The number of nitrogens with one attached hydrogen (secondary N) is 2. The average molecular weight is 274 g/mol. The van der Waals surface area contributed by atoms with Crippen molar-refractivity contribution in [2.24, 2.45) is 0 Å². The van der Waals surface area contributed by atoms with E-state index in [1.165, 1.54) is 0 Å². The minimum Gasteiger partial charge on any atom is -0.479 e. The van der Waals surface area contributed by atoms with Gasteiger partial charge in [-0.1, -0.05) is 0 Å². The molecule has 1 unspecified atom stereocenters. The summed E-state index contributed by atoms with van der Waals surface area (Å²) >= 11 is 0. The number of hydrogen-bond donors (Lipinski definition) is 4. The highest BCUT2D eigenvalue weighted by Gasteiger charge is 2.30. The van der Waals surface area contributed by atoms with Crippen LogP contribution in [0.15, 0.2) is 0 Å². The Hall–Kier alpha value is -1.18. The van der Waals surface area contributed by atoms with Crippen LogP contribution in [0.1, 0.15) is 26.2 Å². The maximum Gasteiger partial charge on any atom is 0.337 e. The molecule has 4 N–H and O–H groups in total. The number of rotatable bonds is 7. The monoisotopic (exact) mass is 274 g/mol. The molecule has 1 fully saturated rings. The summed E-state index contributed by atoms with van der Waals surface area (Å²) in [5.74, 6) is -1.69. The quantitative estimate of drug-likeness (QED) is 0.479. The standard InChI is InChI=1S/C12H22N2O5/c1-12(18,11(16)17)8-14-10(15)4-7-19-9-2-5-13-6-3-9/h9,13,18H,2-8H2,1H3,(H,14,15)(H,16,17). The average Bonchev–Trinajstić information content (AvgIpc) is 2.37. The Kier molecular flexibility index (Phi) is 6.20. The second-order valence-corrected chi connectivity index (χ2v) is 4.93. The van der Waals surface area contributed by atoms with E-state index in [2.05, 4.69) is 10.6 Å². The lowest BCUT2D eigenvalue weighted by molar-refractivity contribution is -0.156. The van der Waals surface area contributed by atoms with E-state index >= 15 is 0 Å². The van der Waals surface area contributed by atoms with E-state index in [0.717, 1.165) is 32.9 Å². The number of aliphatic hydroxyl groups is 1. The van der Waals surface area contributed by atoms with Crippen molar-refractivity contribution >= 4 is 11.9 Å². The van der Waals surface area contributed by atoms with Gasteiger partial charge in [-0.2, -0.15) is 0 Å². The number of aliphatic carboxylic acids is 1. The highest BCUT2D eigenvalue weighted by molar-refractivity contribution is 5.80. The van der Waals surface area contributed by atoms with Crippen LogP contribution in [0.25, 0.3) is 0 Å². The predicted molar refractivity (Wildman–Crippen MR) is 67.7 cm³/mol. The molecule has 7 heteroatoms. The predicted octanol–water partition coefficient (Wildman–Crippen LogP) is -0.903. The van der Waals surface area contributed by atoms with E-state index in [9.17, 15) is 14.7 Å². The maximum absolute atomic E-state index is 11.4. The van der Waals surface area contributed by atoms with E-state index in [1.54, 1.807) is 0 Å². The summed E-state index contributed by atoms with van der Waals surface area (Å²) in [6.07, 6.45) is 2.24. The van der Waals surface area contributed by atoms with Gasteiger partial charge in [0, 0.05) is 6.42 Å². The summed E-state index contributed by atoms with van der Waals surface area (Å²) in [5, 5.41) is 23.7. The van der Waals surface area contributed by atoms with Crippen LogP contribution in [0.5, 0.6) is 0 Å². The fraction of sp³-hybridized carbons (Fsp3) is 0.833. The smallest absolute Gasteiger partial charge is 0.337 e. The fourth-order valence-electron chi connectivity index (χ4n) is 1.72. The molecular formula is C12H22N2O5. The SMILES string of the molecule is CC(O)(CNC(=O)CCOC1CCNCC1)C(=O)O. The van der Waals surface area contributed by atoms with Crippen LogP contribution in [0.4, 0.5) is 0 Å². The second kappa shape index (κ2) is 7.42. The summed E-state index contributed by atoms with van der Waals surface area (Å²) in [6.45, 7) is 3.00. The Morgan fingerprint density at radius 1 is 1.42 bits per heavy atom. The number of carboxylic acids is 1. The number of carbonyl (C=O) groups is 2. The highest BCUT2D eigenvalue weighted by Crippen LogP contribution is 2.07. The van der Waals surface area contributed by atoms with Crippen LogP contribution < -0.4 is 10.6 Å². The fourth-order valence-corrected chi connectivity index (χ4v) is 1.72. The molecule has 0 spiro atoms. The van der Waals surface area contributed by atoms with Gasteiger partial charge < -0.3 is 25.6 Å². The first-order valence-electron chi connectivity index (χ1n) is 6.46. The van der Waals surface area contributed by atoms with Crippen molar-refractivity contribution in [2.75, 3.05) is 26.2 Å². The third-order valence-corrected chi connectivity index (χ3v) is 3.06. The number of carbonyl (C=O) groups excluding carboxylic acids is 1. The second-order valence-electron chi connectivity index (χ2n) is 4.93. The summed E-state index contributed by atoms with van der Waals surface area (Å²) in [5.41, 5.74) is -1.94. The van der Waals surface area contributed by atoms with Crippen molar-refractivity contribution in [3.63, 3.8) is 0 Å². The lowest BCUT2D eigenvalue weighted by Gasteiger charge is -2.23.